The number of hydrogen-bond acceptors (Lipinski definition) is 4. The molecule has 1 atom stereocenters. The minimum Gasteiger partial charge on any atom is -0.497 e. The summed E-state index contributed by atoms with van der Waals surface area (Å²) in [4.78, 5) is 30.0. The van der Waals surface area contributed by atoms with Crippen LogP contribution in [0.3, 0.4) is 0 Å². The summed E-state index contributed by atoms with van der Waals surface area (Å²) in [7, 11) is 1.62. The topological polar surface area (TPSA) is 58.6 Å². The molecule has 1 saturated carbocycles. The van der Waals surface area contributed by atoms with Crippen LogP contribution in [-0.2, 0) is 16.0 Å². The molecule has 0 saturated heterocycles. The van der Waals surface area contributed by atoms with Gasteiger partial charge in [0.05, 0.1) is 13.2 Å². The minimum absolute atomic E-state index is 0.0344. The summed E-state index contributed by atoms with van der Waals surface area (Å²) >= 11 is 1.77. The number of thiophene rings is 1. The zero-order valence-electron chi connectivity index (χ0n) is 19.0. The van der Waals surface area contributed by atoms with Crippen molar-refractivity contribution in [3.05, 3.63) is 51.2 Å². The first-order valence-electron chi connectivity index (χ1n) is 11.5. The first-order valence-corrected chi connectivity index (χ1v) is 12.3. The average Bonchev–Trinajstić information content (AvgIpc) is 3.18. The number of aryl methyl sites for hydroxylation is 1. The molecule has 8 heteroatoms. The Bertz CT molecular complexity index is 1010. The van der Waals surface area contributed by atoms with E-state index < -0.39 is 11.8 Å². The summed E-state index contributed by atoms with van der Waals surface area (Å²) in [6.45, 7) is 2.90. The van der Waals surface area contributed by atoms with Crippen LogP contribution in [0.15, 0.2) is 30.3 Å². The van der Waals surface area contributed by atoms with E-state index in [-0.39, 0.29) is 56.5 Å². The van der Waals surface area contributed by atoms with Crippen molar-refractivity contribution in [1.82, 2.24) is 10.2 Å². The third-order valence-electron chi connectivity index (χ3n) is 6.61. The summed E-state index contributed by atoms with van der Waals surface area (Å²) < 4.78 is 32.1. The van der Waals surface area contributed by atoms with E-state index in [0.29, 0.717) is 6.54 Å². The Kier molecular flexibility index (Phi) is 7.02. The fourth-order valence-electron chi connectivity index (χ4n) is 4.85. The van der Waals surface area contributed by atoms with Gasteiger partial charge in [0.2, 0.25) is 17.7 Å². The van der Waals surface area contributed by atoms with Crippen molar-refractivity contribution in [3.8, 4) is 5.75 Å². The number of nitrogens with zero attached hydrogens (tertiary/aromatic N) is 1. The Morgan fingerprint density at radius 2 is 2.00 bits per heavy atom. The Labute approximate surface area is 197 Å². The van der Waals surface area contributed by atoms with Crippen LogP contribution >= 0.6 is 11.3 Å². The van der Waals surface area contributed by atoms with Crippen LogP contribution in [0.4, 0.5) is 8.78 Å². The van der Waals surface area contributed by atoms with Crippen LogP contribution in [0.25, 0.3) is 0 Å². The molecular formula is C25H30F2N2O3S. The highest BCUT2D eigenvalue weighted by atomic mass is 32.1. The van der Waals surface area contributed by atoms with E-state index in [1.165, 1.54) is 9.75 Å². The lowest BCUT2D eigenvalue weighted by atomic mass is 9.86. The number of halogens is 2. The molecule has 2 aliphatic rings. The van der Waals surface area contributed by atoms with Gasteiger partial charge in [0.25, 0.3) is 0 Å². The smallest absolute Gasteiger partial charge is 0.248 e. The standard InChI is InChI=1S/C25H30F2N2O3S/c1-16-14-20-21(33-16)9-13-29(23(20)18-4-3-5-19(15-18)32-2)22(30)8-12-28-24(31)17-6-10-25(26,27)11-7-17/h3-5,14-15,17,23H,6-13H2,1-2H3,(H,28,31). The quantitative estimate of drug-likeness (QED) is 0.647. The second-order valence-corrected chi connectivity index (χ2v) is 10.3. The molecule has 0 bridgehead atoms. The number of carbonyl (C=O) groups is 2. The van der Waals surface area contributed by atoms with Gasteiger partial charge in [-0.2, -0.15) is 0 Å². The van der Waals surface area contributed by atoms with Gasteiger partial charge in [-0.25, -0.2) is 8.78 Å². The number of amides is 2. The molecular weight excluding hydrogens is 446 g/mol. The Morgan fingerprint density at radius 1 is 1.24 bits per heavy atom. The number of carbonyl (C=O) groups excluding carboxylic acids is 2. The van der Waals surface area contributed by atoms with Gasteiger partial charge in [-0.3, -0.25) is 9.59 Å². The van der Waals surface area contributed by atoms with Crippen LogP contribution in [0, 0.1) is 12.8 Å². The van der Waals surface area contributed by atoms with Gasteiger partial charge < -0.3 is 15.0 Å². The van der Waals surface area contributed by atoms with Gasteiger partial charge in [0.1, 0.15) is 5.75 Å². The summed E-state index contributed by atoms with van der Waals surface area (Å²) in [6, 6.07) is 9.75. The first-order chi connectivity index (χ1) is 15.8. The first kappa shape index (κ1) is 23.7. The van der Waals surface area contributed by atoms with Crippen molar-refractivity contribution in [3.63, 3.8) is 0 Å². The minimum atomic E-state index is -2.66. The number of ether oxygens (including phenoxy) is 1. The number of nitrogens with one attached hydrogen (secondary N) is 1. The maximum absolute atomic E-state index is 13.3. The predicted octanol–water partition coefficient (Wildman–Crippen LogP) is 4.87. The molecule has 4 rings (SSSR count). The van der Waals surface area contributed by atoms with Crippen molar-refractivity contribution in [2.75, 3.05) is 20.2 Å². The molecule has 1 aromatic carbocycles. The number of alkyl halides is 2. The van der Waals surface area contributed by atoms with Crippen molar-refractivity contribution in [2.45, 2.75) is 57.4 Å². The molecule has 2 aromatic rings. The molecule has 1 aliphatic heterocycles. The van der Waals surface area contributed by atoms with Gasteiger partial charge in [0, 0.05) is 48.0 Å². The summed E-state index contributed by atoms with van der Waals surface area (Å²) in [5.74, 6) is -2.57. The lowest BCUT2D eigenvalue weighted by Gasteiger charge is -2.36. The SMILES string of the molecule is COc1cccc(C2c3cc(C)sc3CCN2C(=O)CCNC(=O)C2CCC(F)(F)CC2)c1. The van der Waals surface area contributed by atoms with Crippen LogP contribution in [0.5, 0.6) is 5.75 Å². The highest BCUT2D eigenvalue weighted by molar-refractivity contribution is 7.12. The van der Waals surface area contributed by atoms with E-state index >= 15 is 0 Å². The average molecular weight is 477 g/mol. The molecule has 33 heavy (non-hydrogen) atoms. The summed E-state index contributed by atoms with van der Waals surface area (Å²) in [5, 5.41) is 2.80. The fourth-order valence-corrected chi connectivity index (χ4v) is 5.91. The van der Waals surface area contributed by atoms with E-state index in [4.69, 9.17) is 4.74 Å². The number of rotatable bonds is 6. The van der Waals surface area contributed by atoms with Crippen LogP contribution < -0.4 is 10.1 Å². The molecule has 1 aliphatic carbocycles. The second kappa shape index (κ2) is 9.79. The summed E-state index contributed by atoms with van der Waals surface area (Å²) in [5.41, 5.74) is 2.14. The number of hydrogen-bond donors (Lipinski definition) is 1. The van der Waals surface area contributed by atoms with Gasteiger partial charge in [0.15, 0.2) is 0 Å². The number of methoxy groups -OCH3 is 1. The highest BCUT2D eigenvalue weighted by Gasteiger charge is 2.37. The molecule has 0 spiro atoms. The van der Waals surface area contributed by atoms with Crippen LogP contribution in [-0.4, -0.2) is 42.8 Å². The molecule has 1 unspecified atom stereocenters. The number of fused-ring (bicyclic) bond motifs is 1. The third-order valence-corrected chi connectivity index (χ3v) is 7.73. The summed E-state index contributed by atoms with van der Waals surface area (Å²) in [6.07, 6.45) is 0.870. The molecule has 178 valence electrons. The molecule has 1 fully saturated rings. The van der Waals surface area contributed by atoms with E-state index in [2.05, 4.69) is 18.3 Å². The largest absolute Gasteiger partial charge is 0.497 e. The molecule has 2 heterocycles. The van der Waals surface area contributed by atoms with E-state index in [0.717, 1.165) is 23.3 Å². The Hall–Kier alpha value is -2.48. The Morgan fingerprint density at radius 3 is 2.73 bits per heavy atom. The molecule has 0 radical (unpaired) electrons. The zero-order valence-corrected chi connectivity index (χ0v) is 19.9. The van der Waals surface area contributed by atoms with Crippen LogP contribution in [0.1, 0.15) is 59.0 Å². The van der Waals surface area contributed by atoms with Gasteiger partial charge in [-0.05, 0) is 55.5 Å². The van der Waals surface area contributed by atoms with Gasteiger partial charge >= 0.3 is 0 Å². The predicted molar refractivity (Wildman–Crippen MR) is 124 cm³/mol. The fraction of sp³-hybridized carbons (Fsp3) is 0.520. The normalized spacial score (nSPS) is 20.2. The van der Waals surface area contributed by atoms with Gasteiger partial charge in [-0.15, -0.1) is 11.3 Å². The van der Waals surface area contributed by atoms with Crippen molar-refractivity contribution in [1.29, 1.82) is 0 Å². The Balaban J connectivity index is 1.43. The van der Waals surface area contributed by atoms with Crippen LogP contribution in [0.2, 0.25) is 0 Å². The molecule has 1 aromatic heterocycles. The van der Waals surface area contributed by atoms with Crippen molar-refractivity contribution < 1.29 is 23.1 Å². The molecule has 1 N–H and O–H groups in total. The van der Waals surface area contributed by atoms with Gasteiger partial charge in [-0.1, -0.05) is 12.1 Å². The van der Waals surface area contributed by atoms with Crippen molar-refractivity contribution in [2.24, 2.45) is 5.92 Å². The second-order valence-electron chi connectivity index (χ2n) is 8.92. The maximum Gasteiger partial charge on any atom is 0.248 e. The number of benzene rings is 1. The lowest BCUT2D eigenvalue weighted by Crippen LogP contribution is -2.42. The van der Waals surface area contributed by atoms with E-state index in [1.807, 2.05) is 29.2 Å². The lowest BCUT2D eigenvalue weighted by molar-refractivity contribution is -0.133. The highest BCUT2D eigenvalue weighted by Crippen LogP contribution is 2.40. The zero-order chi connectivity index (χ0) is 23.6. The van der Waals surface area contributed by atoms with Crippen molar-refractivity contribution >= 4 is 23.2 Å². The maximum atomic E-state index is 13.3. The third kappa shape index (κ3) is 5.37. The van der Waals surface area contributed by atoms with E-state index in [9.17, 15) is 18.4 Å². The molecule has 5 nitrogen and oxygen atoms in total. The monoisotopic (exact) mass is 476 g/mol. The van der Waals surface area contributed by atoms with E-state index in [1.54, 1.807) is 18.4 Å². The molecule has 2 amide bonds.